The number of carboxylic acid groups (broad SMARTS) is 2. The van der Waals surface area contributed by atoms with E-state index in [0.29, 0.717) is 0 Å². The Morgan fingerprint density at radius 1 is 0.842 bits per heavy atom. The van der Waals surface area contributed by atoms with Crippen molar-refractivity contribution in [1.29, 1.82) is 0 Å². The smallest absolute Gasteiger partial charge is 0.545 e. The molecule has 19 heavy (non-hydrogen) atoms. The number of nitrogens with zero attached hydrogens (tertiary/aromatic N) is 2. The van der Waals surface area contributed by atoms with Gasteiger partial charge >= 0.3 is 27.3 Å². The summed E-state index contributed by atoms with van der Waals surface area (Å²) in [4.78, 5) is 27.3. The molecular formula is C12H8N2O4Pb. The fraction of sp³-hybridized carbons (Fsp3) is 0. The largest absolute Gasteiger partial charge is 2.00 e. The second-order valence-electron chi connectivity index (χ2n) is 3.06. The van der Waals surface area contributed by atoms with E-state index in [4.69, 9.17) is 0 Å². The van der Waals surface area contributed by atoms with Gasteiger partial charge in [0.2, 0.25) is 0 Å². The van der Waals surface area contributed by atoms with Gasteiger partial charge in [-0.2, -0.15) is 0 Å². The van der Waals surface area contributed by atoms with E-state index in [1.54, 1.807) is 12.1 Å². The summed E-state index contributed by atoms with van der Waals surface area (Å²) in [6.07, 6.45) is 5.50. The standard InChI is InChI=1S/2C6H5NO2.Pb/c2*8-6(9)5-2-1-3-7-4-5;/h2*1-4H,(H,8,9);/q;;+2/p-2. The van der Waals surface area contributed by atoms with Gasteiger partial charge in [0, 0.05) is 35.9 Å². The summed E-state index contributed by atoms with van der Waals surface area (Å²) in [6.45, 7) is 0. The maximum atomic E-state index is 10.0. The van der Waals surface area contributed by atoms with Crippen LogP contribution in [0.2, 0.25) is 0 Å². The summed E-state index contributed by atoms with van der Waals surface area (Å²) in [6, 6.07) is 5.96. The number of rotatable bonds is 2. The topological polar surface area (TPSA) is 106 Å². The van der Waals surface area contributed by atoms with Crippen LogP contribution in [-0.4, -0.2) is 49.2 Å². The molecule has 0 saturated carbocycles. The van der Waals surface area contributed by atoms with Crippen molar-refractivity contribution in [3.05, 3.63) is 60.2 Å². The Morgan fingerprint density at radius 2 is 1.21 bits per heavy atom. The van der Waals surface area contributed by atoms with Crippen LogP contribution in [0.25, 0.3) is 0 Å². The molecule has 0 aliphatic heterocycles. The zero-order valence-corrected chi connectivity index (χ0v) is 13.5. The Labute approximate surface area is 129 Å². The van der Waals surface area contributed by atoms with E-state index in [1.807, 2.05) is 0 Å². The van der Waals surface area contributed by atoms with Crippen molar-refractivity contribution in [3.63, 3.8) is 0 Å². The molecule has 0 amide bonds. The molecule has 0 aliphatic carbocycles. The van der Waals surface area contributed by atoms with E-state index in [0.717, 1.165) is 0 Å². The van der Waals surface area contributed by atoms with Crippen LogP contribution in [0.4, 0.5) is 0 Å². The van der Waals surface area contributed by atoms with E-state index in [1.165, 1.54) is 36.9 Å². The van der Waals surface area contributed by atoms with Crippen LogP contribution in [0.5, 0.6) is 0 Å². The molecule has 0 unspecified atom stereocenters. The van der Waals surface area contributed by atoms with Gasteiger partial charge in [0.1, 0.15) is 0 Å². The molecule has 2 aromatic rings. The Morgan fingerprint density at radius 3 is 1.37 bits per heavy atom. The molecule has 0 saturated heterocycles. The van der Waals surface area contributed by atoms with Gasteiger partial charge in [-0.15, -0.1) is 0 Å². The molecule has 0 bridgehead atoms. The van der Waals surface area contributed by atoms with E-state index < -0.39 is 11.9 Å². The number of carbonyl (C=O) groups is 2. The molecule has 0 fully saturated rings. The Bertz CT molecular complexity index is 470. The number of carboxylic acids is 2. The molecule has 6 nitrogen and oxygen atoms in total. The zero-order chi connectivity index (χ0) is 13.4. The van der Waals surface area contributed by atoms with Crippen molar-refractivity contribution in [2.45, 2.75) is 0 Å². The molecule has 7 heteroatoms. The van der Waals surface area contributed by atoms with Gasteiger partial charge in [0.05, 0.1) is 11.9 Å². The van der Waals surface area contributed by atoms with Gasteiger partial charge in [0.15, 0.2) is 0 Å². The maximum Gasteiger partial charge on any atom is 2.00 e. The second kappa shape index (κ2) is 9.14. The Hall–Kier alpha value is -1.84. The first kappa shape index (κ1) is 17.2. The summed E-state index contributed by atoms with van der Waals surface area (Å²) in [5.74, 6) is -2.38. The predicted molar refractivity (Wildman–Crippen MR) is 62.9 cm³/mol. The number of carbonyl (C=O) groups excluding carboxylic acids is 2. The quantitative estimate of drug-likeness (QED) is 0.515. The third-order valence-corrected chi connectivity index (χ3v) is 1.79. The normalized spacial score (nSPS) is 8.42. The van der Waals surface area contributed by atoms with E-state index in [2.05, 4.69) is 9.97 Å². The van der Waals surface area contributed by atoms with Crippen molar-refractivity contribution in [1.82, 2.24) is 9.97 Å². The van der Waals surface area contributed by atoms with Crippen LogP contribution in [0.15, 0.2) is 49.1 Å². The minimum Gasteiger partial charge on any atom is -0.545 e. The van der Waals surface area contributed by atoms with Crippen LogP contribution >= 0.6 is 0 Å². The van der Waals surface area contributed by atoms with Gasteiger partial charge in [0.25, 0.3) is 0 Å². The molecule has 0 N–H and O–H groups in total. The molecule has 0 aromatic carbocycles. The SMILES string of the molecule is O=C([O-])c1cccnc1.O=C([O-])c1cccnc1.[Pb+2]. The molecular weight excluding hydrogens is 443 g/mol. The van der Waals surface area contributed by atoms with Crippen LogP contribution in [0.1, 0.15) is 20.7 Å². The van der Waals surface area contributed by atoms with Gasteiger partial charge in [-0.25, -0.2) is 0 Å². The fourth-order valence-corrected chi connectivity index (χ4v) is 0.967. The first-order valence-electron chi connectivity index (χ1n) is 4.84. The molecule has 2 radical (unpaired) electrons. The number of aromatic nitrogens is 2. The summed E-state index contributed by atoms with van der Waals surface area (Å²) < 4.78 is 0. The Balaban J connectivity index is 0.000000324. The average molecular weight is 451 g/mol. The summed E-state index contributed by atoms with van der Waals surface area (Å²) in [5, 5.41) is 20.1. The van der Waals surface area contributed by atoms with Crippen molar-refractivity contribution < 1.29 is 19.8 Å². The van der Waals surface area contributed by atoms with E-state index >= 15 is 0 Å². The first-order valence-corrected chi connectivity index (χ1v) is 4.84. The van der Waals surface area contributed by atoms with Crippen molar-refractivity contribution in [3.8, 4) is 0 Å². The van der Waals surface area contributed by atoms with Crippen LogP contribution in [0.3, 0.4) is 0 Å². The minimum absolute atomic E-state index is 0. The van der Waals surface area contributed by atoms with Crippen molar-refractivity contribution >= 4 is 39.2 Å². The van der Waals surface area contributed by atoms with E-state index in [9.17, 15) is 19.8 Å². The summed E-state index contributed by atoms with van der Waals surface area (Å²) >= 11 is 0. The van der Waals surface area contributed by atoms with Crippen LogP contribution < -0.4 is 10.2 Å². The number of pyridine rings is 2. The molecule has 2 heterocycles. The number of hydrogen-bond donors (Lipinski definition) is 0. The van der Waals surface area contributed by atoms with Gasteiger partial charge in [-0.1, -0.05) is 12.1 Å². The van der Waals surface area contributed by atoms with Gasteiger partial charge in [-0.3, -0.25) is 9.97 Å². The van der Waals surface area contributed by atoms with Crippen LogP contribution in [-0.2, 0) is 0 Å². The number of hydrogen-bond acceptors (Lipinski definition) is 6. The first-order chi connectivity index (χ1) is 8.61. The minimum atomic E-state index is -1.19. The third-order valence-electron chi connectivity index (χ3n) is 1.79. The van der Waals surface area contributed by atoms with Crippen molar-refractivity contribution in [2.24, 2.45) is 0 Å². The van der Waals surface area contributed by atoms with E-state index in [-0.39, 0.29) is 38.4 Å². The summed E-state index contributed by atoms with van der Waals surface area (Å²) in [5.41, 5.74) is 0.218. The molecule has 2 rings (SSSR count). The van der Waals surface area contributed by atoms with Gasteiger partial charge < -0.3 is 19.8 Å². The summed E-state index contributed by atoms with van der Waals surface area (Å²) in [7, 11) is 0. The third kappa shape index (κ3) is 6.60. The fourth-order valence-electron chi connectivity index (χ4n) is 0.967. The molecule has 94 valence electrons. The van der Waals surface area contributed by atoms with Gasteiger partial charge in [-0.05, 0) is 12.1 Å². The Kier molecular flexibility index (Phi) is 8.26. The zero-order valence-electron chi connectivity index (χ0n) is 9.65. The van der Waals surface area contributed by atoms with Crippen molar-refractivity contribution in [2.75, 3.05) is 0 Å². The monoisotopic (exact) mass is 452 g/mol. The predicted octanol–water partition coefficient (Wildman–Crippen LogP) is -1.49. The molecule has 0 aliphatic rings. The average Bonchev–Trinajstić information content (AvgIpc) is 2.41. The number of aromatic carboxylic acids is 2. The molecule has 0 atom stereocenters. The molecule has 2 aromatic heterocycles. The second-order valence-corrected chi connectivity index (χ2v) is 3.06. The maximum absolute atomic E-state index is 10.0. The van der Waals surface area contributed by atoms with Crippen LogP contribution in [0, 0.1) is 0 Å². The molecule has 0 spiro atoms.